The summed E-state index contributed by atoms with van der Waals surface area (Å²) < 4.78 is 5.77. The third-order valence-electron chi connectivity index (χ3n) is 4.90. The van der Waals surface area contributed by atoms with E-state index in [0.29, 0.717) is 11.5 Å². The Kier molecular flexibility index (Phi) is 4.74. The van der Waals surface area contributed by atoms with Crippen LogP contribution in [0.25, 0.3) is 10.4 Å². The first-order valence-electron chi connectivity index (χ1n) is 8.20. The second-order valence-corrected chi connectivity index (χ2v) is 7.73. The molecule has 6 nitrogen and oxygen atoms in total. The SMILES string of the molecule is COC(=O)c1cc(Br)c2c(c1)C1CCC(N=[N+]=[N-])C1N2CC(C)C. The van der Waals surface area contributed by atoms with Gasteiger partial charge in [-0.3, -0.25) is 0 Å². The van der Waals surface area contributed by atoms with Crippen LogP contribution in [-0.4, -0.2) is 31.7 Å². The average Bonchev–Trinajstić information content (AvgIpc) is 3.07. The highest BCUT2D eigenvalue weighted by molar-refractivity contribution is 9.10. The van der Waals surface area contributed by atoms with E-state index in [-0.39, 0.29) is 24.0 Å². The molecule has 1 heterocycles. The van der Waals surface area contributed by atoms with Crippen molar-refractivity contribution in [3.63, 3.8) is 0 Å². The molecule has 3 atom stereocenters. The number of halogens is 1. The van der Waals surface area contributed by atoms with Gasteiger partial charge >= 0.3 is 5.97 Å². The highest BCUT2D eigenvalue weighted by atomic mass is 79.9. The molecule has 0 radical (unpaired) electrons. The first-order chi connectivity index (χ1) is 11.5. The molecule has 0 saturated heterocycles. The summed E-state index contributed by atoms with van der Waals surface area (Å²) in [5.41, 5.74) is 11.7. The van der Waals surface area contributed by atoms with Crippen LogP contribution < -0.4 is 4.90 Å². The van der Waals surface area contributed by atoms with E-state index < -0.39 is 0 Å². The number of azide groups is 1. The summed E-state index contributed by atoms with van der Waals surface area (Å²) in [4.78, 5) is 17.4. The van der Waals surface area contributed by atoms with Crippen LogP contribution in [0, 0.1) is 5.92 Å². The minimum atomic E-state index is -0.332. The molecule has 1 aliphatic carbocycles. The molecule has 3 unspecified atom stereocenters. The lowest BCUT2D eigenvalue weighted by Gasteiger charge is -2.32. The van der Waals surface area contributed by atoms with Gasteiger partial charge in [0.25, 0.3) is 0 Å². The molecular weight excluding hydrogens is 372 g/mol. The zero-order valence-corrected chi connectivity index (χ0v) is 15.7. The number of hydrogen-bond donors (Lipinski definition) is 0. The van der Waals surface area contributed by atoms with Gasteiger partial charge in [0, 0.05) is 27.9 Å². The van der Waals surface area contributed by atoms with Gasteiger partial charge in [-0.15, -0.1) is 0 Å². The molecule has 2 aliphatic rings. The summed E-state index contributed by atoms with van der Waals surface area (Å²) in [6.45, 7) is 5.25. The third kappa shape index (κ3) is 2.76. The van der Waals surface area contributed by atoms with Gasteiger partial charge in [0.15, 0.2) is 0 Å². The van der Waals surface area contributed by atoms with Crippen molar-refractivity contribution in [1.29, 1.82) is 0 Å². The van der Waals surface area contributed by atoms with Gasteiger partial charge in [-0.25, -0.2) is 4.79 Å². The van der Waals surface area contributed by atoms with Crippen molar-refractivity contribution < 1.29 is 9.53 Å². The topological polar surface area (TPSA) is 78.3 Å². The number of benzene rings is 1. The van der Waals surface area contributed by atoms with Crippen molar-refractivity contribution in [3.05, 3.63) is 38.2 Å². The maximum absolute atomic E-state index is 12.0. The highest BCUT2D eigenvalue weighted by Gasteiger charge is 2.47. The second-order valence-electron chi connectivity index (χ2n) is 6.88. The number of ether oxygens (including phenoxy) is 1. The van der Waals surface area contributed by atoms with Crippen LogP contribution in [0.2, 0.25) is 0 Å². The van der Waals surface area contributed by atoms with E-state index in [2.05, 4.69) is 44.7 Å². The van der Waals surface area contributed by atoms with E-state index in [1.54, 1.807) is 0 Å². The Morgan fingerprint density at radius 3 is 2.88 bits per heavy atom. The summed E-state index contributed by atoms with van der Waals surface area (Å²) >= 11 is 3.64. The maximum Gasteiger partial charge on any atom is 0.337 e. The zero-order chi connectivity index (χ0) is 17.4. The number of esters is 1. The Balaban J connectivity index is 2.10. The number of hydrogen-bond acceptors (Lipinski definition) is 4. The van der Waals surface area contributed by atoms with Crippen LogP contribution >= 0.6 is 15.9 Å². The number of anilines is 1. The van der Waals surface area contributed by atoms with E-state index in [0.717, 1.165) is 35.1 Å². The van der Waals surface area contributed by atoms with Crippen LogP contribution in [0.15, 0.2) is 21.7 Å². The van der Waals surface area contributed by atoms with E-state index in [4.69, 9.17) is 10.3 Å². The highest BCUT2D eigenvalue weighted by Crippen LogP contribution is 2.53. The lowest BCUT2D eigenvalue weighted by atomic mass is 9.95. The summed E-state index contributed by atoms with van der Waals surface area (Å²) in [7, 11) is 1.39. The molecule has 1 fully saturated rings. The normalized spacial score (nSPS) is 24.5. The molecule has 1 aromatic carbocycles. The minimum Gasteiger partial charge on any atom is -0.465 e. The largest absolute Gasteiger partial charge is 0.465 e. The lowest BCUT2D eigenvalue weighted by Crippen LogP contribution is -2.40. The molecule has 128 valence electrons. The lowest BCUT2D eigenvalue weighted by molar-refractivity contribution is 0.0600. The number of fused-ring (bicyclic) bond motifs is 3. The van der Waals surface area contributed by atoms with Crippen molar-refractivity contribution in [1.82, 2.24) is 0 Å². The summed E-state index contributed by atoms with van der Waals surface area (Å²) in [6.07, 6.45) is 1.85. The van der Waals surface area contributed by atoms with E-state index >= 15 is 0 Å². The van der Waals surface area contributed by atoms with Crippen molar-refractivity contribution in [2.24, 2.45) is 11.0 Å². The quantitative estimate of drug-likeness (QED) is 0.324. The molecule has 3 rings (SSSR count). The van der Waals surface area contributed by atoms with Gasteiger partial charge < -0.3 is 9.64 Å². The minimum absolute atomic E-state index is 0.0281. The molecular formula is C17H21BrN4O2. The average molecular weight is 393 g/mol. The van der Waals surface area contributed by atoms with Gasteiger partial charge in [-0.1, -0.05) is 19.0 Å². The molecule has 1 aromatic rings. The molecule has 0 spiro atoms. The summed E-state index contributed by atoms with van der Waals surface area (Å²) in [5.74, 6) is 0.438. The van der Waals surface area contributed by atoms with Gasteiger partial charge in [0.1, 0.15) is 0 Å². The molecule has 1 saturated carbocycles. The predicted octanol–water partition coefficient (Wildman–Crippen LogP) is 4.64. The van der Waals surface area contributed by atoms with Crippen LogP contribution in [-0.2, 0) is 4.74 Å². The Hall–Kier alpha value is -1.72. The number of carbonyl (C=O) groups is 1. The second kappa shape index (κ2) is 6.65. The Morgan fingerprint density at radius 2 is 2.25 bits per heavy atom. The van der Waals surface area contributed by atoms with Crippen molar-refractivity contribution in [2.75, 3.05) is 18.6 Å². The van der Waals surface area contributed by atoms with Gasteiger partial charge in [-0.05, 0) is 57.9 Å². The molecule has 7 heteroatoms. The van der Waals surface area contributed by atoms with E-state index in [1.165, 1.54) is 7.11 Å². The fourth-order valence-electron chi connectivity index (χ4n) is 4.11. The number of rotatable bonds is 4. The molecule has 0 bridgehead atoms. The molecule has 0 amide bonds. The molecule has 24 heavy (non-hydrogen) atoms. The van der Waals surface area contributed by atoms with E-state index in [9.17, 15) is 4.79 Å². The third-order valence-corrected chi connectivity index (χ3v) is 5.51. The van der Waals surface area contributed by atoms with Crippen LogP contribution in [0.3, 0.4) is 0 Å². The fraction of sp³-hybridized carbons (Fsp3) is 0.588. The molecule has 0 aromatic heterocycles. The zero-order valence-electron chi connectivity index (χ0n) is 14.1. The van der Waals surface area contributed by atoms with Crippen LogP contribution in [0.1, 0.15) is 48.5 Å². The standard InChI is InChI=1S/C17H21BrN4O2/c1-9(2)8-22-15-12(6-10(7-13(15)18)17(23)24-3)11-4-5-14(16(11)22)20-21-19/h6-7,9,11,14,16H,4-5,8H2,1-3H3. The fourth-order valence-corrected chi connectivity index (χ4v) is 4.82. The Bertz CT molecular complexity index is 715. The first kappa shape index (κ1) is 17.1. The first-order valence-corrected chi connectivity index (χ1v) is 8.99. The van der Waals surface area contributed by atoms with Gasteiger partial charge in [-0.2, -0.15) is 0 Å². The Labute approximate surface area is 149 Å². The van der Waals surface area contributed by atoms with Crippen molar-refractivity contribution >= 4 is 27.6 Å². The van der Waals surface area contributed by atoms with Gasteiger partial charge in [0.05, 0.1) is 24.4 Å². The number of carbonyl (C=O) groups excluding carboxylic acids is 1. The van der Waals surface area contributed by atoms with Crippen molar-refractivity contribution in [3.8, 4) is 0 Å². The maximum atomic E-state index is 12.0. The number of nitrogens with zero attached hydrogens (tertiary/aromatic N) is 4. The number of methoxy groups -OCH3 is 1. The van der Waals surface area contributed by atoms with Crippen LogP contribution in [0.4, 0.5) is 5.69 Å². The predicted molar refractivity (Wildman–Crippen MR) is 96.4 cm³/mol. The molecule has 0 N–H and O–H groups in total. The monoisotopic (exact) mass is 392 g/mol. The summed E-state index contributed by atoms with van der Waals surface area (Å²) in [5, 5.41) is 4.04. The summed E-state index contributed by atoms with van der Waals surface area (Å²) in [6, 6.07) is 3.91. The van der Waals surface area contributed by atoms with Crippen molar-refractivity contribution in [2.45, 2.75) is 44.7 Å². The smallest absolute Gasteiger partial charge is 0.337 e. The van der Waals surface area contributed by atoms with E-state index in [1.807, 2.05) is 12.1 Å². The van der Waals surface area contributed by atoms with Gasteiger partial charge in [0.2, 0.25) is 0 Å². The molecule has 1 aliphatic heterocycles. The Morgan fingerprint density at radius 1 is 1.50 bits per heavy atom. The van der Waals surface area contributed by atoms with Crippen LogP contribution in [0.5, 0.6) is 0 Å².